The molecule has 0 atom stereocenters. The van der Waals surface area contributed by atoms with Crippen molar-refractivity contribution in [1.82, 2.24) is 14.5 Å². The second kappa shape index (κ2) is 6.31. The molecule has 9 nitrogen and oxygen atoms in total. The molecule has 0 saturated heterocycles. The Labute approximate surface area is 146 Å². The number of benzene rings is 1. The van der Waals surface area contributed by atoms with Gasteiger partial charge >= 0.3 is 0 Å². The third kappa shape index (κ3) is 2.77. The van der Waals surface area contributed by atoms with Crippen LogP contribution in [0.15, 0.2) is 29.2 Å². The number of primary amides is 1. The van der Waals surface area contributed by atoms with Crippen molar-refractivity contribution in [2.45, 2.75) is 13.5 Å². The van der Waals surface area contributed by atoms with Crippen molar-refractivity contribution in [3.63, 3.8) is 0 Å². The number of carbonyl (C=O) groups is 1. The summed E-state index contributed by atoms with van der Waals surface area (Å²) in [7, 11) is 0. The lowest BCUT2D eigenvalue weighted by Gasteiger charge is -2.14. The Balaban J connectivity index is 2.16. The second-order valence-corrected chi connectivity index (χ2v) is 5.49. The highest BCUT2D eigenvalue weighted by Gasteiger charge is 2.20. The minimum absolute atomic E-state index is 0.0153. The fraction of sp³-hybridized carbons (Fsp3) is 0.125. The molecule has 26 heavy (non-hydrogen) atoms. The molecule has 3 aromatic rings. The van der Waals surface area contributed by atoms with Gasteiger partial charge in [-0.05, 0) is 25.1 Å². The molecule has 0 aliphatic heterocycles. The van der Waals surface area contributed by atoms with Crippen LogP contribution >= 0.6 is 0 Å². The van der Waals surface area contributed by atoms with Crippen molar-refractivity contribution < 1.29 is 9.18 Å². The SMILES string of the molecule is CCn1c(N)c(C(N)=O)c(=O)c2cnc(Nc3ccc(N)c(F)c3)nc21. The Hall–Kier alpha value is -3.69. The number of halogens is 1. The number of hydrogen-bond donors (Lipinski definition) is 4. The molecule has 10 heteroatoms. The molecule has 134 valence electrons. The maximum Gasteiger partial charge on any atom is 0.256 e. The fourth-order valence-electron chi connectivity index (χ4n) is 2.59. The first-order chi connectivity index (χ1) is 12.3. The lowest BCUT2D eigenvalue weighted by Crippen LogP contribution is -2.28. The zero-order valence-corrected chi connectivity index (χ0v) is 13.8. The number of rotatable bonds is 4. The van der Waals surface area contributed by atoms with Crippen LogP contribution in [-0.4, -0.2) is 20.4 Å². The van der Waals surface area contributed by atoms with Gasteiger partial charge in [-0.1, -0.05) is 0 Å². The molecule has 0 bridgehead atoms. The normalized spacial score (nSPS) is 10.8. The molecule has 1 amide bonds. The van der Waals surface area contributed by atoms with Crippen molar-refractivity contribution in [2.24, 2.45) is 5.73 Å². The van der Waals surface area contributed by atoms with Crippen LogP contribution in [0.25, 0.3) is 11.0 Å². The number of aromatic nitrogens is 3. The molecule has 0 spiro atoms. The first kappa shape index (κ1) is 17.1. The van der Waals surface area contributed by atoms with E-state index in [-0.39, 0.29) is 34.1 Å². The van der Waals surface area contributed by atoms with Crippen LogP contribution in [0.1, 0.15) is 17.3 Å². The van der Waals surface area contributed by atoms with E-state index >= 15 is 0 Å². The number of nitrogens with two attached hydrogens (primary N) is 3. The Morgan fingerprint density at radius 1 is 1.35 bits per heavy atom. The van der Waals surface area contributed by atoms with E-state index < -0.39 is 17.2 Å². The number of pyridine rings is 1. The van der Waals surface area contributed by atoms with E-state index in [2.05, 4.69) is 15.3 Å². The Kier molecular flexibility index (Phi) is 4.16. The van der Waals surface area contributed by atoms with Gasteiger partial charge in [0.15, 0.2) is 5.65 Å². The van der Waals surface area contributed by atoms with Gasteiger partial charge in [-0.25, -0.2) is 9.37 Å². The largest absolute Gasteiger partial charge is 0.396 e. The van der Waals surface area contributed by atoms with Gasteiger partial charge < -0.3 is 27.1 Å². The summed E-state index contributed by atoms with van der Waals surface area (Å²) in [5.74, 6) is -1.46. The number of carbonyl (C=O) groups excluding carboxylic acids is 1. The predicted octanol–water partition coefficient (Wildman–Crippen LogP) is 0.957. The highest BCUT2D eigenvalue weighted by atomic mass is 19.1. The standard InChI is InChI=1S/C16H16FN7O2/c1-2-24-13(19)11(14(20)26)12(25)8-6-21-16(23-15(8)24)22-7-3-4-10(18)9(17)5-7/h3-6H,2,18-19H2,1H3,(H2,20,26)(H,21,22,23). The van der Waals surface area contributed by atoms with Crippen LogP contribution in [0, 0.1) is 5.82 Å². The van der Waals surface area contributed by atoms with E-state index in [1.807, 2.05) is 0 Å². The van der Waals surface area contributed by atoms with E-state index in [0.717, 1.165) is 0 Å². The second-order valence-electron chi connectivity index (χ2n) is 5.49. The van der Waals surface area contributed by atoms with E-state index in [1.165, 1.54) is 22.9 Å². The third-order valence-corrected chi connectivity index (χ3v) is 3.86. The molecule has 2 heterocycles. The highest BCUT2D eigenvalue weighted by Crippen LogP contribution is 2.21. The van der Waals surface area contributed by atoms with Crippen LogP contribution in [0.5, 0.6) is 0 Å². The van der Waals surface area contributed by atoms with Crippen molar-refractivity contribution in [1.29, 1.82) is 0 Å². The summed E-state index contributed by atoms with van der Waals surface area (Å²) >= 11 is 0. The Morgan fingerprint density at radius 2 is 2.08 bits per heavy atom. The monoisotopic (exact) mass is 357 g/mol. The summed E-state index contributed by atoms with van der Waals surface area (Å²) in [5, 5.41) is 2.93. The first-order valence-corrected chi connectivity index (χ1v) is 7.64. The Bertz CT molecular complexity index is 1090. The van der Waals surface area contributed by atoms with Gasteiger partial charge in [-0.2, -0.15) is 4.98 Å². The molecule has 0 aliphatic rings. The highest BCUT2D eigenvalue weighted by molar-refractivity contribution is 6.00. The molecule has 0 unspecified atom stereocenters. The van der Waals surface area contributed by atoms with Crippen LogP contribution in [0.2, 0.25) is 0 Å². The topological polar surface area (TPSA) is 155 Å². The third-order valence-electron chi connectivity index (χ3n) is 3.86. The molecule has 0 aliphatic carbocycles. The van der Waals surface area contributed by atoms with Gasteiger partial charge in [-0.15, -0.1) is 0 Å². The van der Waals surface area contributed by atoms with Crippen LogP contribution < -0.4 is 27.9 Å². The number of nitrogens with zero attached hydrogens (tertiary/aromatic N) is 3. The summed E-state index contributed by atoms with van der Waals surface area (Å²) in [4.78, 5) is 32.3. The molecule has 3 rings (SSSR count). The zero-order chi connectivity index (χ0) is 19.0. The van der Waals surface area contributed by atoms with Crippen molar-refractivity contribution in [3.05, 3.63) is 46.0 Å². The van der Waals surface area contributed by atoms with Crippen LogP contribution in [0.3, 0.4) is 0 Å². The van der Waals surface area contributed by atoms with Crippen molar-refractivity contribution in [2.75, 3.05) is 16.8 Å². The number of anilines is 4. The fourth-order valence-corrected chi connectivity index (χ4v) is 2.59. The number of nitrogens with one attached hydrogen (secondary N) is 1. The van der Waals surface area contributed by atoms with Crippen molar-refractivity contribution >= 4 is 40.1 Å². The molecule has 0 radical (unpaired) electrons. The molecular formula is C16H16FN7O2. The maximum atomic E-state index is 13.6. The van der Waals surface area contributed by atoms with Crippen LogP contribution in [-0.2, 0) is 6.54 Å². The van der Waals surface area contributed by atoms with E-state index in [4.69, 9.17) is 17.2 Å². The lowest BCUT2D eigenvalue weighted by atomic mass is 10.2. The van der Waals surface area contributed by atoms with Gasteiger partial charge in [0.2, 0.25) is 11.4 Å². The average Bonchev–Trinajstić information content (AvgIpc) is 2.58. The maximum absolute atomic E-state index is 13.6. The first-order valence-electron chi connectivity index (χ1n) is 7.64. The predicted molar refractivity (Wildman–Crippen MR) is 96.5 cm³/mol. The van der Waals surface area contributed by atoms with Crippen molar-refractivity contribution in [3.8, 4) is 0 Å². The molecule has 0 fully saturated rings. The summed E-state index contributed by atoms with van der Waals surface area (Å²) in [5.41, 5.74) is 16.3. The van der Waals surface area contributed by atoms with Gasteiger partial charge in [0.1, 0.15) is 17.2 Å². The summed E-state index contributed by atoms with van der Waals surface area (Å²) in [6.07, 6.45) is 1.26. The number of amides is 1. The molecule has 2 aromatic heterocycles. The summed E-state index contributed by atoms with van der Waals surface area (Å²) in [6, 6.07) is 4.15. The molecule has 1 aromatic carbocycles. The number of fused-ring (bicyclic) bond motifs is 1. The summed E-state index contributed by atoms with van der Waals surface area (Å²) in [6.45, 7) is 2.12. The smallest absolute Gasteiger partial charge is 0.256 e. The number of nitrogen functional groups attached to an aromatic ring is 2. The van der Waals surface area contributed by atoms with E-state index in [9.17, 15) is 14.0 Å². The minimum atomic E-state index is -0.920. The van der Waals surface area contributed by atoms with Gasteiger partial charge in [0, 0.05) is 18.4 Å². The Morgan fingerprint density at radius 3 is 2.69 bits per heavy atom. The zero-order valence-electron chi connectivity index (χ0n) is 13.8. The number of aryl methyl sites for hydroxylation is 1. The van der Waals surface area contributed by atoms with E-state index in [0.29, 0.717) is 12.2 Å². The average molecular weight is 357 g/mol. The van der Waals surface area contributed by atoms with Gasteiger partial charge in [-0.3, -0.25) is 9.59 Å². The van der Waals surface area contributed by atoms with E-state index in [1.54, 1.807) is 13.0 Å². The molecular weight excluding hydrogens is 341 g/mol. The molecule has 0 saturated carbocycles. The number of hydrogen-bond acceptors (Lipinski definition) is 7. The quantitative estimate of drug-likeness (QED) is 0.507. The van der Waals surface area contributed by atoms with Gasteiger partial charge in [0.05, 0.1) is 11.1 Å². The van der Waals surface area contributed by atoms with Gasteiger partial charge in [0.25, 0.3) is 5.91 Å². The minimum Gasteiger partial charge on any atom is -0.396 e. The van der Waals surface area contributed by atoms with Crippen LogP contribution in [0.4, 0.5) is 27.5 Å². The summed E-state index contributed by atoms with van der Waals surface area (Å²) < 4.78 is 15.0. The lowest BCUT2D eigenvalue weighted by molar-refractivity contribution is 0.1000. The molecule has 7 N–H and O–H groups in total.